The summed E-state index contributed by atoms with van der Waals surface area (Å²) in [6.45, 7) is 5.94. The summed E-state index contributed by atoms with van der Waals surface area (Å²) in [6, 6.07) is 14.2. The highest BCUT2D eigenvalue weighted by molar-refractivity contribution is 7.99. The maximum atomic E-state index is 12.4. The van der Waals surface area contributed by atoms with Crippen LogP contribution in [0.25, 0.3) is 0 Å². The largest absolute Gasteiger partial charge is 0.481 e. The minimum atomic E-state index is -0.368. The number of benzene rings is 2. The van der Waals surface area contributed by atoms with Crippen molar-refractivity contribution in [1.29, 1.82) is 0 Å². The summed E-state index contributed by atoms with van der Waals surface area (Å²) >= 11 is 7.48. The van der Waals surface area contributed by atoms with E-state index in [0.717, 1.165) is 0 Å². The normalized spacial score (nSPS) is 11.6. The number of amides is 2. The first kappa shape index (κ1) is 23.6. The minimum Gasteiger partial charge on any atom is -0.481 e. The molecule has 1 aromatic heterocycles. The van der Waals surface area contributed by atoms with E-state index in [1.165, 1.54) is 18.7 Å². The first-order valence-corrected chi connectivity index (χ1v) is 11.4. The van der Waals surface area contributed by atoms with Crippen molar-refractivity contribution in [2.24, 2.45) is 0 Å². The fourth-order valence-electron chi connectivity index (χ4n) is 2.96. The molecule has 2 amide bonds. The molecule has 2 aromatic carbocycles. The minimum absolute atomic E-state index is 0.149. The van der Waals surface area contributed by atoms with Crippen LogP contribution in [0.15, 0.2) is 53.7 Å². The SMILES string of the molecule is CCn1c(SCC(=O)Nc2ccc(NC(C)=O)cc2)nnc1C(C)Oc1ccccc1Cl. The van der Waals surface area contributed by atoms with Crippen molar-refractivity contribution >= 4 is 46.6 Å². The molecule has 0 aliphatic carbocycles. The number of ether oxygens (including phenoxy) is 1. The highest BCUT2D eigenvalue weighted by Gasteiger charge is 2.20. The predicted molar refractivity (Wildman–Crippen MR) is 126 cm³/mol. The number of hydrogen-bond acceptors (Lipinski definition) is 6. The van der Waals surface area contributed by atoms with E-state index in [4.69, 9.17) is 16.3 Å². The number of aromatic nitrogens is 3. The van der Waals surface area contributed by atoms with Crippen molar-refractivity contribution in [1.82, 2.24) is 14.8 Å². The van der Waals surface area contributed by atoms with Crippen molar-refractivity contribution in [3.05, 3.63) is 59.4 Å². The Labute approximate surface area is 195 Å². The van der Waals surface area contributed by atoms with Crippen LogP contribution in [0.3, 0.4) is 0 Å². The fourth-order valence-corrected chi connectivity index (χ4v) is 3.95. The molecule has 3 aromatic rings. The zero-order valence-electron chi connectivity index (χ0n) is 18.0. The molecule has 0 bridgehead atoms. The molecule has 10 heteroatoms. The molecule has 168 valence electrons. The number of nitrogens with zero attached hydrogens (tertiary/aromatic N) is 3. The van der Waals surface area contributed by atoms with Gasteiger partial charge in [-0.05, 0) is 50.2 Å². The number of anilines is 2. The quantitative estimate of drug-likeness (QED) is 0.434. The zero-order chi connectivity index (χ0) is 23.1. The first-order valence-electron chi connectivity index (χ1n) is 10.0. The summed E-state index contributed by atoms with van der Waals surface area (Å²) in [5, 5.41) is 15.2. The second kappa shape index (κ2) is 11.0. The van der Waals surface area contributed by atoms with Crippen LogP contribution in [0.1, 0.15) is 32.7 Å². The van der Waals surface area contributed by atoms with E-state index in [0.29, 0.717) is 39.7 Å². The van der Waals surface area contributed by atoms with Crippen LogP contribution in [0.2, 0.25) is 5.02 Å². The number of thioether (sulfide) groups is 1. The van der Waals surface area contributed by atoms with Gasteiger partial charge in [0.1, 0.15) is 5.75 Å². The topological polar surface area (TPSA) is 98.1 Å². The maximum Gasteiger partial charge on any atom is 0.234 e. The first-order chi connectivity index (χ1) is 15.4. The standard InChI is InChI=1S/C22H24ClN5O3S/c1-4-28-21(14(2)31-19-8-6-5-7-18(19)23)26-27-22(28)32-13-20(30)25-17-11-9-16(10-12-17)24-15(3)29/h5-12,14H,4,13H2,1-3H3,(H,24,29)(H,25,30). The molecule has 0 aliphatic heterocycles. The van der Waals surface area contributed by atoms with Crippen LogP contribution in [0.5, 0.6) is 5.75 Å². The fraction of sp³-hybridized carbons (Fsp3) is 0.273. The summed E-state index contributed by atoms with van der Waals surface area (Å²) in [5.41, 5.74) is 1.31. The van der Waals surface area contributed by atoms with Gasteiger partial charge in [-0.15, -0.1) is 10.2 Å². The molecule has 0 aliphatic rings. The third-order valence-corrected chi connectivity index (χ3v) is 5.67. The highest BCUT2D eigenvalue weighted by Crippen LogP contribution is 2.29. The molecule has 1 unspecified atom stereocenters. The molecule has 1 heterocycles. The van der Waals surface area contributed by atoms with Crippen molar-refractivity contribution in [3.63, 3.8) is 0 Å². The molecular formula is C22H24ClN5O3S. The molecule has 0 radical (unpaired) electrons. The Bertz CT molecular complexity index is 1090. The molecule has 32 heavy (non-hydrogen) atoms. The number of nitrogens with one attached hydrogen (secondary N) is 2. The van der Waals surface area contributed by atoms with E-state index < -0.39 is 0 Å². The van der Waals surface area contributed by atoms with Crippen LogP contribution < -0.4 is 15.4 Å². The Morgan fingerprint density at radius 2 is 1.75 bits per heavy atom. The summed E-state index contributed by atoms with van der Waals surface area (Å²) in [6.07, 6.45) is -0.368. The van der Waals surface area contributed by atoms with Crippen LogP contribution in [0.4, 0.5) is 11.4 Å². The lowest BCUT2D eigenvalue weighted by molar-refractivity contribution is -0.114. The predicted octanol–water partition coefficient (Wildman–Crippen LogP) is 4.78. The smallest absolute Gasteiger partial charge is 0.234 e. The number of rotatable bonds is 9. The lowest BCUT2D eigenvalue weighted by Crippen LogP contribution is -2.15. The van der Waals surface area contributed by atoms with Gasteiger partial charge in [0.15, 0.2) is 17.1 Å². The second-order valence-corrected chi connectivity index (χ2v) is 8.22. The van der Waals surface area contributed by atoms with Gasteiger partial charge in [-0.3, -0.25) is 9.59 Å². The average Bonchev–Trinajstić information content (AvgIpc) is 3.18. The molecule has 3 rings (SSSR count). The summed E-state index contributed by atoms with van der Waals surface area (Å²) in [5.74, 6) is 1.08. The van der Waals surface area contributed by atoms with Gasteiger partial charge < -0.3 is 19.9 Å². The molecular weight excluding hydrogens is 450 g/mol. The lowest BCUT2D eigenvalue weighted by Gasteiger charge is -2.16. The van der Waals surface area contributed by atoms with Crippen molar-refractivity contribution in [2.45, 2.75) is 38.6 Å². The number of halogens is 1. The molecule has 0 spiro atoms. The summed E-state index contributed by atoms with van der Waals surface area (Å²) in [7, 11) is 0. The summed E-state index contributed by atoms with van der Waals surface area (Å²) in [4.78, 5) is 23.5. The van der Waals surface area contributed by atoms with Gasteiger partial charge in [0, 0.05) is 24.8 Å². The van der Waals surface area contributed by atoms with Gasteiger partial charge in [0.25, 0.3) is 0 Å². The van der Waals surface area contributed by atoms with Gasteiger partial charge in [0.2, 0.25) is 11.8 Å². The van der Waals surface area contributed by atoms with E-state index in [-0.39, 0.29) is 23.7 Å². The van der Waals surface area contributed by atoms with Crippen molar-refractivity contribution < 1.29 is 14.3 Å². The van der Waals surface area contributed by atoms with Crippen LogP contribution in [-0.4, -0.2) is 32.3 Å². The number of hydrogen-bond donors (Lipinski definition) is 2. The highest BCUT2D eigenvalue weighted by atomic mass is 35.5. The Morgan fingerprint density at radius 1 is 1.09 bits per heavy atom. The second-order valence-electron chi connectivity index (χ2n) is 6.87. The molecule has 0 saturated heterocycles. The van der Waals surface area contributed by atoms with E-state index in [1.807, 2.05) is 30.5 Å². The van der Waals surface area contributed by atoms with Gasteiger partial charge in [0.05, 0.1) is 10.8 Å². The molecule has 0 saturated carbocycles. The molecule has 8 nitrogen and oxygen atoms in total. The maximum absolute atomic E-state index is 12.4. The van der Waals surface area contributed by atoms with Gasteiger partial charge in [-0.1, -0.05) is 35.5 Å². The number of carbonyl (C=O) groups is 2. The molecule has 0 fully saturated rings. The van der Waals surface area contributed by atoms with Gasteiger partial charge in [-0.2, -0.15) is 0 Å². The van der Waals surface area contributed by atoms with E-state index in [1.54, 1.807) is 36.4 Å². The van der Waals surface area contributed by atoms with E-state index in [2.05, 4.69) is 20.8 Å². The third-order valence-electron chi connectivity index (χ3n) is 4.39. The Hall–Kier alpha value is -3.04. The van der Waals surface area contributed by atoms with Crippen LogP contribution >= 0.6 is 23.4 Å². The average molecular weight is 474 g/mol. The Balaban J connectivity index is 1.59. The third kappa shape index (κ3) is 6.24. The van der Waals surface area contributed by atoms with Crippen molar-refractivity contribution in [2.75, 3.05) is 16.4 Å². The Morgan fingerprint density at radius 3 is 2.38 bits per heavy atom. The zero-order valence-corrected chi connectivity index (χ0v) is 19.5. The van der Waals surface area contributed by atoms with E-state index >= 15 is 0 Å². The number of carbonyl (C=O) groups excluding carboxylic acids is 2. The van der Waals surface area contributed by atoms with Gasteiger partial charge >= 0.3 is 0 Å². The monoisotopic (exact) mass is 473 g/mol. The molecule has 2 N–H and O–H groups in total. The Kier molecular flexibility index (Phi) is 8.13. The van der Waals surface area contributed by atoms with Gasteiger partial charge in [-0.25, -0.2) is 0 Å². The van der Waals surface area contributed by atoms with E-state index in [9.17, 15) is 9.59 Å². The van der Waals surface area contributed by atoms with Crippen LogP contribution in [0, 0.1) is 0 Å². The summed E-state index contributed by atoms with van der Waals surface area (Å²) < 4.78 is 7.87. The molecule has 1 atom stereocenters. The number of para-hydroxylation sites is 1. The lowest BCUT2D eigenvalue weighted by atomic mass is 10.3. The van der Waals surface area contributed by atoms with Crippen LogP contribution in [-0.2, 0) is 16.1 Å². The van der Waals surface area contributed by atoms with Crippen molar-refractivity contribution in [3.8, 4) is 5.75 Å².